The van der Waals surface area contributed by atoms with Crippen LogP contribution in [-0.4, -0.2) is 16.2 Å². The highest BCUT2D eigenvalue weighted by Crippen LogP contribution is 2.43. The fourth-order valence-electron chi connectivity index (χ4n) is 1.98. The van der Waals surface area contributed by atoms with E-state index in [0.717, 1.165) is 12.8 Å². The third kappa shape index (κ3) is 1.60. The van der Waals surface area contributed by atoms with Gasteiger partial charge in [0.25, 0.3) is 0 Å². The summed E-state index contributed by atoms with van der Waals surface area (Å²) in [6, 6.07) is 2.69. The third-order valence-electron chi connectivity index (χ3n) is 2.80. The molecule has 1 heterocycles. The third-order valence-corrected chi connectivity index (χ3v) is 2.80. The van der Waals surface area contributed by atoms with E-state index in [0.29, 0.717) is 12.0 Å². The number of hydrogen-bond donors (Lipinski definition) is 2. The predicted octanol–water partition coefficient (Wildman–Crippen LogP) is 2.50. The quantitative estimate of drug-likeness (QED) is 0.609. The van der Waals surface area contributed by atoms with Crippen molar-refractivity contribution in [2.24, 2.45) is 0 Å². The molecule has 2 N–H and O–H groups in total. The molecule has 0 amide bonds. The van der Waals surface area contributed by atoms with Crippen molar-refractivity contribution in [3.05, 3.63) is 23.3 Å². The van der Waals surface area contributed by atoms with E-state index in [9.17, 15) is 15.0 Å². The summed E-state index contributed by atoms with van der Waals surface area (Å²) in [5.41, 5.74) is 0.541. The first-order valence-corrected chi connectivity index (χ1v) is 5.41. The topological polar surface area (TPSA) is 66.8 Å². The van der Waals surface area contributed by atoms with Crippen LogP contribution in [0.25, 0.3) is 0 Å². The zero-order valence-electron chi connectivity index (χ0n) is 9.06. The van der Waals surface area contributed by atoms with Crippen LogP contribution in [-0.2, 0) is 4.74 Å². The number of esters is 1. The first kappa shape index (κ1) is 10.8. The van der Waals surface area contributed by atoms with Gasteiger partial charge in [0, 0.05) is 0 Å². The first-order chi connectivity index (χ1) is 7.65. The van der Waals surface area contributed by atoms with Crippen LogP contribution in [0.4, 0.5) is 0 Å². The lowest BCUT2D eigenvalue weighted by molar-refractivity contribution is 0.0360. The van der Waals surface area contributed by atoms with Gasteiger partial charge in [-0.3, -0.25) is 0 Å². The summed E-state index contributed by atoms with van der Waals surface area (Å²) in [6.07, 6.45) is 2.15. The number of phenols is 2. The molecule has 86 valence electrons. The fraction of sp³-hybridized carbons (Fsp3) is 0.417. The van der Waals surface area contributed by atoms with E-state index in [-0.39, 0.29) is 17.1 Å². The van der Waals surface area contributed by atoms with Crippen LogP contribution in [0.1, 0.15) is 48.2 Å². The number of aromatic hydroxyl groups is 2. The Kier molecular flexibility index (Phi) is 2.73. The van der Waals surface area contributed by atoms with E-state index in [4.69, 9.17) is 4.74 Å². The van der Waals surface area contributed by atoms with Gasteiger partial charge >= 0.3 is 5.97 Å². The van der Waals surface area contributed by atoms with Gasteiger partial charge in [-0.2, -0.15) is 0 Å². The molecule has 16 heavy (non-hydrogen) atoms. The summed E-state index contributed by atoms with van der Waals surface area (Å²) in [6.45, 7) is 2.04. The molecule has 4 nitrogen and oxygen atoms in total. The molecule has 1 aliphatic heterocycles. The molecular formula is C12H14O4. The molecule has 0 aliphatic carbocycles. The zero-order valence-corrected chi connectivity index (χ0v) is 9.06. The first-order valence-electron chi connectivity index (χ1n) is 5.41. The Bertz CT molecular complexity index is 425. The fourth-order valence-corrected chi connectivity index (χ4v) is 1.98. The van der Waals surface area contributed by atoms with Gasteiger partial charge in [0.05, 0.1) is 5.56 Å². The maximum atomic E-state index is 11.5. The minimum absolute atomic E-state index is 0.0137. The van der Waals surface area contributed by atoms with Crippen molar-refractivity contribution in [3.63, 3.8) is 0 Å². The Morgan fingerprint density at radius 1 is 1.31 bits per heavy atom. The van der Waals surface area contributed by atoms with Crippen LogP contribution in [0, 0.1) is 0 Å². The summed E-state index contributed by atoms with van der Waals surface area (Å²) >= 11 is 0. The van der Waals surface area contributed by atoms with Crippen LogP contribution >= 0.6 is 0 Å². The normalized spacial score (nSPS) is 18.3. The van der Waals surface area contributed by atoms with Crippen molar-refractivity contribution in [3.8, 4) is 11.5 Å². The average Bonchev–Trinajstić information content (AvgIpc) is 2.59. The lowest BCUT2D eigenvalue weighted by Gasteiger charge is -2.10. The molecule has 0 spiro atoms. The minimum atomic E-state index is -0.551. The largest absolute Gasteiger partial charge is 0.507 e. The van der Waals surface area contributed by atoms with E-state index < -0.39 is 12.1 Å². The van der Waals surface area contributed by atoms with E-state index in [1.54, 1.807) is 0 Å². The van der Waals surface area contributed by atoms with E-state index in [2.05, 4.69) is 0 Å². The molecule has 0 radical (unpaired) electrons. The molecule has 1 aliphatic rings. The second-order valence-corrected chi connectivity index (χ2v) is 3.93. The second kappa shape index (κ2) is 4.04. The Morgan fingerprint density at radius 3 is 2.69 bits per heavy atom. The van der Waals surface area contributed by atoms with Crippen molar-refractivity contribution in [2.75, 3.05) is 0 Å². The number of unbranched alkanes of at least 4 members (excludes halogenated alkanes) is 1. The molecule has 1 aromatic carbocycles. The molecular weight excluding hydrogens is 208 g/mol. The molecule has 1 aromatic rings. The molecule has 0 saturated carbocycles. The van der Waals surface area contributed by atoms with Crippen molar-refractivity contribution in [2.45, 2.75) is 32.3 Å². The number of phenolic OH excluding ortho intramolecular Hbond substituents is 2. The van der Waals surface area contributed by atoms with Crippen molar-refractivity contribution in [1.82, 2.24) is 0 Å². The van der Waals surface area contributed by atoms with Crippen molar-refractivity contribution in [1.29, 1.82) is 0 Å². The van der Waals surface area contributed by atoms with Crippen LogP contribution in [0.2, 0.25) is 0 Å². The highest BCUT2D eigenvalue weighted by Gasteiger charge is 2.35. The molecule has 1 atom stereocenters. The number of cyclic esters (lactones) is 1. The Hall–Kier alpha value is -1.71. The smallest absolute Gasteiger partial charge is 0.343 e. The van der Waals surface area contributed by atoms with E-state index in [1.807, 2.05) is 6.92 Å². The van der Waals surface area contributed by atoms with Crippen molar-refractivity contribution >= 4 is 5.97 Å². The van der Waals surface area contributed by atoms with Gasteiger partial charge in [-0.1, -0.05) is 13.3 Å². The second-order valence-electron chi connectivity index (χ2n) is 3.93. The van der Waals surface area contributed by atoms with Gasteiger partial charge in [-0.05, 0) is 25.0 Å². The summed E-state index contributed by atoms with van der Waals surface area (Å²) < 4.78 is 5.14. The molecule has 2 rings (SSSR count). The highest BCUT2D eigenvalue weighted by atomic mass is 16.5. The number of carbonyl (C=O) groups is 1. The van der Waals surface area contributed by atoms with Crippen molar-refractivity contribution < 1.29 is 19.7 Å². The van der Waals surface area contributed by atoms with E-state index >= 15 is 0 Å². The van der Waals surface area contributed by atoms with Gasteiger partial charge in [0.2, 0.25) is 0 Å². The Balaban J connectivity index is 2.40. The number of ether oxygens (including phenoxy) is 1. The summed E-state index contributed by atoms with van der Waals surface area (Å²) in [5.74, 6) is -0.666. The SMILES string of the molecule is CCCCC1OC(=O)c2c(O)ccc(O)c21. The minimum Gasteiger partial charge on any atom is -0.507 e. The number of carbonyl (C=O) groups excluding carboxylic acids is 1. The molecule has 1 unspecified atom stereocenters. The molecule has 0 aromatic heterocycles. The van der Waals surface area contributed by atoms with Gasteiger partial charge < -0.3 is 14.9 Å². The molecule has 0 saturated heterocycles. The number of benzene rings is 1. The van der Waals surface area contributed by atoms with Crippen LogP contribution in [0.5, 0.6) is 11.5 Å². The Labute approximate surface area is 93.5 Å². The summed E-state index contributed by atoms with van der Waals surface area (Å²) in [5, 5.41) is 19.3. The van der Waals surface area contributed by atoms with Gasteiger partial charge in [-0.25, -0.2) is 4.79 Å². The standard InChI is InChI=1S/C12H14O4/c1-2-3-4-9-10-7(13)5-6-8(14)11(10)12(15)16-9/h5-6,9,13-14H,2-4H2,1H3. The monoisotopic (exact) mass is 222 g/mol. The van der Waals surface area contributed by atoms with Gasteiger partial charge in [-0.15, -0.1) is 0 Å². The zero-order chi connectivity index (χ0) is 11.7. The molecule has 0 bridgehead atoms. The van der Waals surface area contributed by atoms with Crippen LogP contribution < -0.4 is 0 Å². The molecule has 0 fully saturated rings. The Morgan fingerprint density at radius 2 is 2.00 bits per heavy atom. The number of fused-ring (bicyclic) bond motifs is 1. The summed E-state index contributed by atoms with van der Waals surface area (Å²) in [4.78, 5) is 11.5. The predicted molar refractivity (Wildman–Crippen MR) is 57.5 cm³/mol. The van der Waals surface area contributed by atoms with Gasteiger partial charge in [0.1, 0.15) is 23.2 Å². The maximum Gasteiger partial charge on any atom is 0.343 e. The van der Waals surface area contributed by atoms with Crippen LogP contribution in [0.3, 0.4) is 0 Å². The van der Waals surface area contributed by atoms with Crippen LogP contribution in [0.15, 0.2) is 12.1 Å². The van der Waals surface area contributed by atoms with Gasteiger partial charge in [0.15, 0.2) is 0 Å². The average molecular weight is 222 g/mol. The number of rotatable bonds is 3. The molecule has 4 heteroatoms. The highest BCUT2D eigenvalue weighted by molar-refractivity contribution is 5.97. The number of hydrogen-bond acceptors (Lipinski definition) is 4. The van der Waals surface area contributed by atoms with E-state index in [1.165, 1.54) is 12.1 Å². The lowest BCUT2D eigenvalue weighted by Crippen LogP contribution is -1.98. The maximum absolute atomic E-state index is 11.5. The lowest BCUT2D eigenvalue weighted by atomic mass is 9.99. The summed E-state index contributed by atoms with van der Waals surface area (Å²) in [7, 11) is 0.